The Morgan fingerprint density at radius 2 is 2.00 bits per heavy atom. The third-order valence-electron chi connectivity index (χ3n) is 5.05. The van der Waals surface area contributed by atoms with Gasteiger partial charge in [0.15, 0.2) is 5.82 Å². The molecule has 1 saturated heterocycles. The Bertz CT molecular complexity index is 1090. The zero-order valence-corrected chi connectivity index (χ0v) is 16.8. The SMILES string of the molecule is Cc1nc2ccccc2c(=O)n1Cc1noc(C(=O)NCCCN2CCOCC2)n1. The molecule has 2 aromatic heterocycles. The van der Waals surface area contributed by atoms with Crippen LogP contribution in [0.4, 0.5) is 0 Å². The van der Waals surface area contributed by atoms with E-state index in [4.69, 9.17) is 9.26 Å². The van der Waals surface area contributed by atoms with E-state index in [0.717, 1.165) is 39.3 Å². The number of hydrogen-bond donors (Lipinski definition) is 1. The van der Waals surface area contributed by atoms with E-state index >= 15 is 0 Å². The molecule has 1 fully saturated rings. The van der Waals surface area contributed by atoms with Crippen LogP contribution >= 0.6 is 0 Å². The molecule has 10 nitrogen and oxygen atoms in total. The van der Waals surface area contributed by atoms with E-state index in [1.807, 2.05) is 6.07 Å². The van der Waals surface area contributed by atoms with Crippen LogP contribution in [0.15, 0.2) is 33.6 Å². The second-order valence-electron chi connectivity index (χ2n) is 7.15. The number of rotatable bonds is 7. The predicted molar refractivity (Wildman–Crippen MR) is 108 cm³/mol. The van der Waals surface area contributed by atoms with Crippen molar-refractivity contribution in [2.45, 2.75) is 19.9 Å². The molecule has 3 aromatic rings. The average Bonchev–Trinajstić information content (AvgIpc) is 3.24. The molecule has 0 atom stereocenters. The number of ether oxygens (including phenoxy) is 1. The molecule has 0 bridgehead atoms. The summed E-state index contributed by atoms with van der Waals surface area (Å²) >= 11 is 0. The van der Waals surface area contributed by atoms with Gasteiger partial charge in [-0.3, -0.25) is 19.1 Å². The van der Waals surface area contributed by atoms with Crippen LogP contribution in [0, 0.1) is 6.92 Å². The van der Waals surface area contributed by atoms with Crippen LogP contribution in [0.5, 0.6) is 0 Å². The monoisotopic (exact) mass is 412 g/mol. The summed E-state index contributed by atoms with van der Waals surface area (Å²) in [7, 11) is 0. The zero-order valence-electron chi connectivity index (χ0n) is 16.8. The van der Waals surface area contributed by atoms with E-state index < -0.39 is 5.91 Å². The third-order valence-corrected chi connectivity index (χ3v) is 5.05. The average molecular weight is 412 g/mol. The van der Waals surface area contributed by atoms with Crippen molar-refractivity contribution in [2.24, 2.45) is 0 Å². The highest BCUT2D eigenvalue weighted by atomic mass is 16.5. The molecule has 1 aromatic carbocycles. The maximum absolute atomic E-state index is 12.7. The lowest BCUT2D eigenvalue weighted by molar-refractivity contribution is 0.0374. The zero-order chi connectivity index (χ0) is 20.9. The minimum atomic E-state index is -0.420. The molecule has 158 valence electrons. The summed E-state index contributed by atoms with van der Waals surface area (Å²) in [4.78, 5) is 35.9. The van der Waals surface area contributed by atoms with Crippen molar-refractivity contribution in [1.29, 1.82) is 0 Å². The highest BCUT2D eigenvalue weighted by Gasteiger charge is 2.17. The summed E-state index contributed by atoms with van der Waals surface area (Å²) in [6, 6.07) is 7.15. The van der Waals surface area contributed by atoms with Crippen molar-refractivity contribution < 1.29 is 14.1 Å². The van der Waals surface area contributed by atoms with Crippen LogP contribution in [-0.4, -0.2) is 69.9 Å². The van der Waals surface area contributed by atoms with Crippen molar-refractivity contribution in [3.05, 3.63) is 52.2 Å². The Morgan fingerprint density at radius 3 is 2.83 bits per heavy atom. The van der Waals surface area contributed by atoms with Gasteiger partial charge >= 0.3 is 11.8 Å². The number of carbonyl (C=O) groups excluding carboxylic acids is 1. The first-order valence-electron chi connectivity index (χ1n) is 9.99. The smallest absolute Gasteiger partial charge is 0.316 e. The van der Waals surface area contributed by atoms with Crippen molar-refractivity contribution in [3.8, 4) is 0 Å². The van der Waals surface area contributed by atoms with Gasteiger partial charge < -0.3 is 14.6 Å². The van der Waals surface area contributed by atoms with Crippen molar-refractivity contribution >= 4 is 16.8 Å². The molecule has 3 heterocycles. The van der Waals surface area contributed by atoms with Gasteiger partial charge in [-0.05, 0) is 32.0 Å². The summed E-state index contributed by atoms with van der Waals surface area (Å²) in [5.74, 6) is 0.251. The highest BCUT2D eigenvalue weighted by molar-refractivity contribution is 5.89. The summed E-state index contributed by atoms with van der Waals surface area (Å²) in [5, 5.41) is 7.15. The predicted octanol–water partition coefficient (Wildman–Crippen LogP) is 0.588. The van der Waals surface area contributed by atoms with E-state index in [1.165, 1.54) is 4.57 Å². The fourth-order valence-electron chi connectivity index (χ4n) is 3.42. The van der Waals surface area contributed by atoms with Crippen LogP contribution in [0.1, 0.15) is 28.8 Å². The molecule has 0 spiro atoms. The van der Waals surface area contributed by atoms with Gasteiger partial charge in [0.25, 0.3) is 5.56 Å². The summed E-state index contributed by atoms with van der Waals surface area (Å²) in [6.45, 7) is 6.59. The molecule has 0 unspecified atom stereocenters. The molecule has 4 rings (SSSR count). The topological polar surface area (TPSA) is 115 Å². The van der Waals surface area contributed by atoms with Gasteiger partial charge in [-0.1, -0.05) is 17.3 Å². The number of aromatic nitrogens is 4. The summed E-state index contributed by atoms with van der Waals surface area (Å²) in [6.07, 6.45) is 0.823. The number of nitrogens with one attached hydrogen (secondary N) is 1. The van der Waals surface area contributed by atoms with E-state index in [-0.39, 0.29) is 23.8 Å². The fraction of sp³-hybridized carbons (Fsp3) is 0.450. The van der Waals surface area contributed by atoms with Crippen molar-refractivity contribution in [2.75, 3.05) is 39.4 Å². The number of benzene rings is 1. The van der Waals surface area contributed by atoms with E-state index in [0.29, 0.717) is 23.3 Å². The van der Waals surface area contributed by atoms with Crippen LogP contribution in [0.2, 0.25) is 0 Å². The van der Waals surface area contributed by atoms with Crippen molar-refractivity contribution in [3.63, 3.8) is 0 Å². The fourth-order valence-corrected chi connectivity index (χ4v) is 3.42. The van der Waals surface area contributed by atoms with Gasteiger partial charge in [-0.15, -0.1) is 0 Å². The number of fused-ring (bicyclic) bond motifs is 1. The maximum atomic E-state index is 12.7. The first kappa shape index (κ1) is 20.2. The van der Waals surface area contributed by atoms with Gasteiger partial charge in [0.05, 0.1) is 30.7 Å². The Hall–Kier alpha value is -3.11. The lowest BCUT2D eigenvalue weighted by atomic mass is 10.2. The number of carbonyl (C=O) groups is 1. The number of morpholine rings is 1. The largest absolute Gasteiger partial charge is 0.379 e. The van der Waals surface area contributed by atoms with Crippen LogP contribution in [0.3, 0.4) is 0 Å². The van der Waals surface area contributed by atoms with Crippen molar-refractivity contribution in [1.82, 2.24) is 29.9 Å². The number of hydrogen-bond acceptors (Lipinski definition) is 8. The molecule has 1 amide bonds. The Labute approximate surface area is 172 Å². The van der Waals surface area contributed by atoms with Crippen LogP contribution < -0.4 is 10.9 Å². The maximum Gasteiger partial charge on any atom is 0.316 e. The first-order chi connectivity index (χ1) is 14.6. The quantitative estimate of drug-likeness (QED) is 0.561. The molecule has 1 aliphatic rings. The van der Waals surface area contributed by atoms with Gasteiger partial charge in [0.2, 0.25) is 0 Å². The second kappa shape index (κ2) is 9.14. The number of nitrogens with zero attached hydrogens (tertiary/aromatic N) is 5. The normalized spacial score (nSPS) is 14.8. The molecule has 0 aliphatic carbocycles. The van der Waals surface area contributed by atoms with Crippen LogP contribution in [0.25, 0.3) is 10.9 Å². The summed E-state index contributed by atoms with van der Waals surface area (Å²) < 4.78 is 11.9. The minimum Gasteiger partial charge on any atom is -0.379 e. The van der Waals surface area contributed by atoms with Crippen LogP contribution in [-0.2, 0) is 11.3 Å². The summed E-state index contributed by atoms with van der Waals surface area (Å²) in [5.41, 5.74) is 0.457. The highest BCUT2D eigenvalue weighted by Crippen LogP contribution is 2.09. The lowest BCUT2D eigenvalue weighted by Crippen LogP contribution is -2.38. The van der Waals surface area contributed by atoms with Gasteiger partial charge in [0.1, 0.15) is 5.82 Å². The molecular formula is C20H24N6O4. The van der Waals surface area contributed by atoms with Gasteiger partial charge in [0, 0.05) is 19.6 Å². The first-order valence-corrected chi connectivity index (χ1v) is 9.99. The molecule has 10 heteroatoms. The van der Waals surface area contributed by atoms with Gasteiger partial charge in [-0.25, -0.2) is 4.98 Å². The molecular weight excluding hydrogens is 388 g/mol. The lowest BCUT2D eigenvalue weighted by Gasteiger charge is -2.26. The third kappa shape index (κ3) is 4.55. The Balaban J connectivity index is 1.35. The minimum absolute atomic E-state index is 0.0797. The molecule has 0 saturated carbocycles. The molecule has 1 N–H and O–H groups in total. The number of para-hydroxylation sites is 1. The number of aryl methyl sites for hydroxylation is 1. The standard InChI is InChI=1S/C20H24N6O4/c1-14-22-16-6-3-2-5-15(16)20(28)26(14)13-17-23-19(30-24-17)18(27)21-7-4-8-25-9-11-29-12-10-25/h2-3,5-6H,4,7-13H2,1H3,(H,21,27). The Kier molecular flexibility index (Phi) is 6.15. The second-order valence-corrected chi connectivity index (χ2v) is 7.15. The molecule has 1 aliphatic heterocycles. The van der Waals surface area contributed by atoms with E-state index in [1.54, 1.807) is 25.1 Å². The van der Waals surface area contributed by atoms with E-state index in [9.17, 15) is 9.59 Å². The number of amides is 1. The molecule has 30 heavy (non-hydrogen) atoms. The molecule has 0 radical (unpaired) electrons. The van der Waals surface area contributed by atoms with Gasteiger partial charge in [-0.2, -0.15) is 4.98 Å². The van der Waals surface area contributed by atoms with E-state index in [2.05, 4.69) is 25.3 Å². The Morgan fingerprint density at radius 1 is 1.20 bits per heavy atom.